The Hall–Kier alpha value is -1.59. The lowest BCUT2D eigenvalue weighted by Crippen LogP contribution is -2.30. The van der Waals surface area contributed by atoms with E-state index in [0.717, 1.165) is 57.8 Å². The van der Waals surface area contributed by atoms with Crippen molar-refractivity contribution in [2.24, 2.45) is 0 Å². The van der Waals surface area contributed by atoms with Crippen molar-refractivity contribution in [2.75, 3.05) is 13.2 Å². The Bertz CT molecular complexity index is 630. The van der Waals surface area contributed by atoms with E-state index in [2.05, 4.69) is 20.8 Å². The highest BCUT2D eigenvalue weighted by atomic mass is 16.6. The maximum Gasteiger partial charge on any atom is 0.306 e. The van der Waals surface area contributed by atoms with Gasteiger partial charge in [-0.15, -0.1) is 0 Å². The summed E-state index contributed by atoms with van der Waals surface area (Å²) >= 11 is 0. The minimum absolute atomic E-state index is 0.0651. The summed E-state index contributed by atoms with van der Waals surface area (Å²) in [6, 6.07) is 0. The Morgan fingerprint density at radius 2 is 0.600 bits per heavy atom. The number of hydrogen-bond donors (Lipinski definition) is 0. The molecule has 0 rings (SSSR count). The number of ether oxygens (including phenoxy) is 3. The fourth-order valence-electron chi connectivity index (χ4n) is 5.62. The van der Waals surface area contributed by atoms with E-state index in [4.69, 9.17) is 14.2 Å². The molecule has 0 bridgehead atoms. The number of unbranched alkanes of at least 4 members (excludes halogenated alkanes) is 24. The van der Waals surface area contributed by atoms with Gasteiger partial charge in [0.2, 0.25) is 0 Å². The summed E-state index contributed by atoms with van der Waals surface area (Å²) in [6.07, 6.45) is 32.4. The molecule has 0 N–H and O–H groups in total. The highest BCUT2D eigenvalue weighted by Gasteiger charge is 2.19. The van der Waals surface area contributed by atoms with Gasteiger partial charge in [-0.1, -0.05) is 175 Å². The SMILES string of the molecule is CCCCCCCCCCCCCCCC(=O)OC(COC(=O)CCCCCCCCC)COC(=O)CCCCCCCCC. The van der Waals surface area contributed by atoms with Crippen LogP contribution in [0, 0.1) is 0 Å². The van der Waals surface area contributed by atoms with Gasteiger partial charge in [-0.3, -0.25) is 14.4 Å². The number of rotatable bonds is 35. The molecule has 0 spiro atoms. The largest absolute Gasteiger partial charge is 0.462 e. The van der Waals surface area contributed by atoms with Crippen molar-refractivity contribution in [3.05, 3.63) is 0 Å². The van der Waals surface area contributed by atoms with Crippen molar-refractivity contribution >= 4 is 17.9 Å². The molecule has 0 saturated carbocycles. The second-order valence-electron chi connectivity index (χ2n) is 13.2. The number of hydrogen-bond acceptors (Lipinski definition) is 6. The molecule has 0 aromatic rings. The van der Waals surface area contributed by atoms with E-state index in [0.29, 0.717) is 19.3 Å². The van der Waals surface area contributed by atoms with Gasteiger partial charge in [-0.05, 0) is 19.3 Å². The summed E-state index contributed by atoms with van der Waals surface area (Å²) in [5.74, 6) is -0.875. The third-order valence-electron chi connectivity index (χ3n) is 8.61. The van der Waals surface area contributed by atoms with Gasteiger partial charge in [0.25, 0.3) is 0 Å². The summed E-state index contributed by atoms with van der Waals surface area (Å²) < 4.78 is 16.5. The highest BCUT2D eigenvalue weighted by molar-refractivity contribution is 5.71. The summed E-state index contributed by atoms with van der Waals surface area (Å²) in [5, 5.41) is 0. The van der Waals surface area contributed by atoms with Crippen molar-refractivity contribution in [2.45, 2.75) is 219 Å². The summed E-state index contributed by atoms with van der Waals surface area (Å²) in [6.45, 7) is 6.54. The van der Waals surface area contributed by atoms with Crippen LogP contribution in [-0.2, 0) is 28.6 Å². The van der Waals surface area contributed by atoms with Crippen LogP contribution in [0.15, 0.2) is 0 Å². The first-order chi connectivity index (χ1) is 22.0. The average Bonchev–Trinajstić information content (AvgIpc) is 3.03. The van der Waals surface area contributed by atoms with Crippen molar-refractivity contribution in [1.29, 1.82) is 0 Å². The molecule has 0 aliphatic carbocycles. The molecule has 266 valence electrons. The van der Waals surface area contributed by atoms with Crippen molar-refractivity contribution in [1.82, 2.24) is 0 Å². The van der Waals surface area contributed by atoms with E-state index in [1.807, 2.05) is 0 Å². The Morgan fingerprint density at radius 3 is 0.889 bits per heavy atom. The van der Waals surface area contributed by atoms with E-state index >= 15 is 0 Å². The third kappa shape index (κ3) is 33.6. The topological polar surface area (TPSA) is 78.9 Å². The Balaban J connectivity index is 4.28. The number of esters is 3. The van der Waals surface area contributed by atoms with E-state index in [1.165, 1.54) is 116 Å². The maximum absolute atomic E-state index is 12.6. The Kier molecular flexibility index (Phi) is 34.0. The van der Waals surface area contributed by atoms with Crippen molar-refractivity contribution < 1.29 is 28.6 Å². The molecular weight excluding hydrogens is 564 g/mol. The normalized spacial score (nSPS) is 11.2. The second kappa shape index (κ2) is 35.3. The van der Waals surface area contributed by atoms with Crippen molar-refractivity contribution in [3.63, 3.8) is 0 Å². The van der Waals surface area contributed by atoms with Gasteiger partial charge in [0.1, 0.15) is 13.2 Å². The molecule has 6 heteroatoms. The lowest BCUT2D eigenvalue weighted by Gasteiger charge is -2.18. The zero-order valence-electron chi connectivity index (χ0n) is 30.2. The van der Waals surface area contributed by atoms with Crippen LogP contribution in [0.4, 0.5) is 0 Å². The molecule has 0 unspecified atom stereocenters. The smallest absolute Gasteiger partial charge is 0.306 e. The molecule has 0 atom stereocenters. The van der Waals surface area contributed by atoms with Crippen LogP contribution >= 0.6 is 0 Å². The highest BCUT2D eigenvalue weighted by Crippen LogP contribution is 2.14. The molecule has 0 aliphatic rings. The van der Waals surface area contributed by atoms with Crippen LogP contribution in [0.2, 0.25) is 0 Å². The predicted octanol–water partition coefficient (Wildman–Crippen LogP) is 11.7. The van der Waals surface area contributed by atoms with Gasteiger partial charge in [-0.2, -0.15) is 0 Å². The van der Waals surface area contributed by atoms with E-state index in [9.17, 15) is 14.4 Å². The maximum atomic E-state index is 12.6. The van der Waals surface area contributed by atoms with Crippen LogP contribution in [-0.4, -0.2) is 37.2 Å². The van der Waals surface area contributed by atoms with Crippen LogP contribution in [0.3, 0.4) is 0 Å². The molecule has 0 aromatic heterocycles. The molecular formula is C39H74O6. The molecule has 0 radical (unpaired) electrons. The van der Waals surface area contributed by atoms with Gasteiger partial charge in [0.05, 0.1) is 0 Å². The van der Waals surface area contributed by atoms with Crippen LogP contribution in [0.5, 0.6) is 0 Å². The molecule has 0 saturated heterocycles. The molecule has 0 aliphatic heterocycles. The predicted molar refractivity (Wildman–Crippen MR) is 187 cm³/mol. The molecule has 45 heavy (non-hydrogen) atoms. The molecule has 0 amide bonds. The Labute approximate surface area is 278 Å². The standard InChI is InChI=1S/C39H74O6/c1-4-7-10-13-16-17-18-19-20-21-24-27-30-33-39(42)45-36(34-43-37(40)31-28-25-22-14-11-8-5-2)35-44-38(41)32-29-26-23-15-12-9-6-3/h36H,4-35H2,1-3H3. The van der Waals surface area contributed by atoms with Gasteiger partial charge >= 0.3 is 17.9 Å². The van der Waals surface area contributed by atoms with Crippen molar-refractivity contribution in [3.8, 4) is 0 Å². The fraction of sp³-hybridized carbons (Fsp3) is 0.923. The third-order valence-corrected chi connectivity index (χ3v) is 8.61. The van der Waals surface area contributed by atoms with Crippen LogP contribution < -0.4 is 0 Å². The second-order valence-corrected chi connectivity index (χ2v) is 13.2. The van der Waals surface area contributed by atoms with Gasteiger partial charge < -0.3 is 14.2 Å². The number of carbonyl (C=O) groups excluding carboxylic acids is 3. The molecule has 6 nitrogen and oxygen atoms in total. The Morgan fingerprint density at radius 1 is 0.356 bits per heavy atom. The fourth-order valence-corrected chi connectivity index (χ4v) is 5.62. The molecule has 0 aromatic carbocycles. The van der Waals surface area contributed by atoms with Crippen LogP contribution in [0.1, 0.15) is 213 Å². The monoisotopic (exact) mass is 639 g/mol. The first-order valence-corrected chi connectivity index (χ1v) is 19.5. The minimum atomic E-state index is -0.754. The lowest BCUT2D eigenvalue weighted by atomic mass is 10.0. The van der Waals surface area contributed by atoms with Crippen LogP contribution in [0.25, 0.3) is 0 Å². The first-order valence-electron chi connectivity index (χ1n) is 19.5. The lowest BCUT2D eigenvalue weighted by molar-refractivity contribution is -0.167. The van der Waals surface area contributed by atoms with E-state index in [-0.39, 0.29) is 31.1 Å². The molecule has 0 heterocycles. The van der Waals surface area contributed by atoms with Gasteiger partial charge in [-0.25, -0.2) is 0 Å². The quantitative estimate of drug-likeness (QED) is 0.0390. The first kappa shape index (κ1) is 43.4. The average molecular weight is 639 g/mol. The summed E-state index contributed by atoms with van der Waals surface area (Å²) in [4.78, 5) is 37.2. The minimum Gasteiger partial charge on any atom is -0.462 e. The summed E-state index contributed by atoms with van der Waals surface area (Å²) in [5.41, 5.74) is 0. The summed E-state index contributed by atoms with van der Waals surface area (Å²) in [7, 11) is 0. The zero-order valence-corrected chi connectivity index (χ0v) is 30.2. The zero-order chi connectivity index (χ0) is 33.1. The van der Waals surface area contributed by atoms with E-state index in [1.54, 1.807) is 0 Å². The van der Waals surface area contributed by atoms with Gasteiger partial charge in [0, 0.05) is 19.3 Å². The molecule has 0 fully saturated rings. The van der Waals surface area contributed by atoms with Gasteiger partial charge in [0.15, 0.2) is 6.10 Å². The van der Waals surface area contributed by atoms with E-state index < -0.39 is 6.10 Å². The number of carbonyl (C=O) groups is 3.